The molecule has 8 nitrogen and oxygen atoms in total. The monoisotopic (exact) mass is 441 g/mol. The molecule has 4 N–H and O–H groups in total. The lowest BCUT2D eigenvalue weighted by molar-refractivity contribution is -0.148. The Hall–Kier alpha value is -2.45. The number of hydrogen-bond acceptors (Lipinski definition) is 5. The maximum absolute atomic E-state index is 13.2. The SMILES string of the molecule is CCC1CCCCN1C1NC(=O)C2C(NC(=O)CC2C(=O)Nc2ccc(C(C)C)cc2)N1. The first-order valence-corrected chi connectivity index (χ1v) is 11.9. The summed E-state index contributed by atoms with van der Waals surface area (Å²) in [5.74, 6) is -1.67. The number of nitrogens with one attached hydrogen (secondary N) is 4. The first-order valence-electron chi connectivity index (χ1n) is 11.9. The molecular weight excluding hydrogens is 406 g/mol. The molecule has 4 rings (SSSR count). The second-order valence-corrected chi connectivity index (χ2v) is 9.52. The summed E-state index contributed by atoms with van der Waals surface area (Å²) < 4.78 is 0. The van der Waals surface area contributed by atoms with Crippen LogP contribution in [-0.2, 0) is 14.4 Å². The maximum atomic E-state index is 13.2. The highest BCUT2D eigenvalue weighted by Gasteiger charge is 2.49. The van der Waals surface area contributed by atoms with E-state index in [1.165, 1.54) is 12.0 Å². The average molecular weight is 442 g/mol. The number of hydrogen-bond donors (Lipinski definition) is 4. The summed E-state index contributed by atoms with van der Waals surface area (Å²) >= 11 is 0. The Morgan fingerprint density at radius 3 is 2.59 bits per heavy atom. The fourth-order valence-corrected chi connectivity index (χ4v) is 5.23. The third-order valence-electron chi connectivity index (χ3n) is 7.09. The van der Waals surface area contributed by atoms with Gasteiger partial charge in [0.05, 0.1) is 18.0 Å². The van der Waals surface area contributed by atoms with Crippen molar-refractivity contribution in [2.45, 2.75) is 77.3 Å². The van der Waals surface area contributed by atoms with Gasteiger partial charge >= 0.3 is 0 Å². The van der Waals surface area contributed by atoms with Crippen molar-refractivity contribution < 1.29 is 14.4 Å². The zero-order valence-electron chi connectivity index (χ0n) is 19.2. The summed E-state index contributed by atoms with van der Waals surface area (Å²) in [6, 6.07) is 8.09. The lowest BCUT2D eigenvalue weighted by Crippen LogP contribution is -2.75. The lowest BCUT2D eigenvalue weighted by atomic mass is 9.81. The number of rotatable bonds is 5. The van der Waals surface area contributed by atoms with E-state index in [0.717, 1.165) is 25.8 Å². The van der Waals surface area contributed by atoms with Gasteiger partial charge in [0.2, 0.25) is 17.7 Å². The molecule has 0 aromatic heterocycles. The van der Waals surface area contributed by atoms with Crippen molar-refractivity contribution >= 4 is 23.4 Å². The number of fused-ring (bicyclic) bond motifs is 1. The van der Waals surface area contributed by atoms with Gasteiger partial charge in [-0.2, -0.15) is 0 Å². The van der Waals surface area contributed by atoms with Gasteiger partial charge in [0, 0.05) is 24.7 Å². The van der Waals surface area contributed by atoms with E-state index in [1.807, 2.05) is 24.3 Å². The summed E-state index contributed by atoms with van der Waals surface area (Å²) in [6.07, 6.45) is 3.50. The molecule has 1 aromatic carbocycles. The number of piperidine rings is 2. The molecule has 0 saturated carbocycles. The Morgan fingerprint density at radius 2 is 1.91 bits per heavy atom. The Bertz CT molecular complexity index is 856. The molecule has 1 aromatic rings. The lowest BCUT2D eigenvalue weighted by Gasteiger charge is -2.49. The molecule has 5 atom stereocenters. The van der Waals surface area contributed by atoms with Crippen LogP contribution in [0.15, 0.2) is 24.3 Å². The highest BCUT2D eigenvalue weighted by atomic mass is 16.2. The summed E-state index contributed by atoms with van der Waals surface area (Å²) in [5.41, 5.74) is 1.85. The van der Waals surface area contributed by atoms with Crippen LogP contribution in [-0.4, -0.2) is 47.7 Å². The van der Waals surface area contributed by atoms with Crippen molar-refractivity contribution in [1.29, 1.82) is 0 Å². The van der Waals surface area contributed by atoms with Gasteiger partial charge in [-0.1, -0.05) is 39.3 Å². The molecule has 32 heavy (non-hydrogen) atoms. The number of nitrogens with zero attached hydrogens (tertiary/aromatic N) is 1. The Labute approximate surface area is 189 Å². The van der Waals surface area contributed by atoms with Gasteiger partial charge in [0.15, 0.2) is 0 Å². The largest absolute Gasteiger partial charge is 0.340 e. The highest BCUT2D eigenvalue weighted by molar-refractivity contribution is 6.00. The van der Waals surface area contributed by atoms with Crippen LogP contribution < -0.4 is 21.3 Å². The van der Waals surface area contributed by atoms with E-state index >= 15 is 0 Å². The van der Waals surface area contributed by atoms with E-state index < -0.39 is 18.0 Å². The van der Waals surface area contributed by atoms with Crippen LogP contribution in [0, 0.1) is 11.8 Å². The number of likely N-dealkylation sites (tertiary alicyclic amines) is 1. The quantitative estimate of drug-likeness (QED) is 0.560. The smallest absolute Gasteiger partial charge is 0.229 e. The fraction of sp³-hybridized carbons (Fsp3) is 0.625. The fourth-order valence-electron chi connectivity index (χ4n) is 5.23. The molecule has 8 heteroatoms. The van der Waals surface area contributed by atoms with Gasteiger partial charge in [-0.15, -0.1) is 0 Å². The van der Waals surface area contributed by atoms with Crippen LogP contribution >= 0.6 is 0 Å². The minimum absolute atomic E-state index is 0.00184. The van der Waals surface area contributed by atoms with Crippen molar-refractivity contribution in [1.82, 2.24) is 20.9 Å². The molecule has 0 spiro atoms. The molecule has 3 aliphatic rings. The Kier molecular flexibility index (Phi) is 6.81. The van der Waals surface area contributed by atoms with Crippen molar-refractivity contribution in [3.63, 3.8) is 0 Å². The topological polar surface area (TPSA) is 103 Å². The summed E-state index contributed by atoms with van der Waals surface area (Å²) in [5, 5.41) is 12.3. The first kappa shape index (κ1) is 22.7. The highest BCUT2D eigenvalue weighted by Crippen LogP contribution is 2.30. The Balaban J connectivity index is 1.47. The van der Waals surface area contributed by atoms with Crippen molar-refractivity contribution in [3.8, 4) is 0 Å². The predicted molar refractivity (Wildman–Crippen MR) is 122 cm³/mol. The zero-order valence-corrected chi connectivity index (χ0v) is 19.2. The van der Waals surface area contributed by atoms with E-state index in [4.69, 9.17) is 0 Å². The standard InChI is InChI=1S/C24H35N5O3/c1-4-17-7-5-6-12-29(17)24-27-21-20(23(32)28-24)18(13-19(30)26-21)22(31)25-16-10-8-15(9-11-16)14(2)3/h8-11,14,17-18,20-21,24,27H,4-7,12-13H2,1-3H3,(H,25,31)(H,26,30)(H,28,32). The molecule has 3 saturated heterocycles. The molecular formula is C24H35N5O3. The minimum atomic E-state index is -0.727. The van der Waals surface area contributed by atoms with Gasteiger partial charge in [-0.05, 0) is 42.9 Å². The van der Waals surface area contributed by atoms with Gasteiger partial charge in [-0.25, -0.2) is 0 Å². The predicted octanol–water partition coefficient (Wildman–Crippen LogP) is 2.09. The molecule has 5 unspecified atom stereocenters. The molecule has 3 amide bonds. The molecule has 0 radical (unpaired) electrons. The number of amides is 3. The average Bonchev–Trinajstić information content (AvgIpc) is 2.78. The van der Waals surface area contributed by atoms with Crippen LogP contribution in [0.3, 0.4) is 0 Å². The molecule has 0 aliphatic carbocycles. The first-order chi connectivity index (χ1) is 15.4. The zero-order chi connectivity index (χ0) is 22.8. The molecule has 174 valence electrons. The van der Waals surface area contributed by atoms with E-state index in [2.05, 4.69) is 46.9 Å². The number of carbonyl (C=O) groups is 3. The Morgan fingerprint density at radius 1 is 1.16 bits per heavy atom. The summed E-state index contributed by atoms with van der Waals surface area (Å²) in [7, 11) is 0. The van der Waals surface area contributed by atoms with Gasteiger partial charge in [0.1, 0.15) is 6.29 Å². The number of anilines is 1. The van der Waals surface area contributed by atoms with Gasteiger partial charge < -0.3 is 16.0 Å². The van der Waals surface area contributed by atoms with Crippen LogP contribution in [0.2, 0.25) is 0 Å². The number of benzene rings is 1. The number of carbonyl (C=O) groups excluding carboxylic acids is 3. The van der Waals surface area contributed by atoms with Crippen LogP contribution in [0.25, 0.3) is 0 Å². The van der Waals surface area contributed by atoms with Crippen molar-refractivity contribution in [3.05, 3.63) is 29.8 Å². The molecule has 3 aliphatic heterocycles. The third-order valence-corrected chi connectivity index (χ3v) is 7.09. The van der Waals surface area contributed by atoms with E-state index in [-0.39, 0.29) is 30.4 Å². The molecule has 3 heterocycles. The van der Waals surface area contributed by atoms with E-state index in [0.29, 0.717) is 17.6 Å². The van der Waals surface area contributed by atoms with E-state index in [1.54, 1.807) is 0 Å². The van der Waals surface area contributed by atoms with Gasteiger partial charge in [-0.3, -0.25) is 24.6 Å². The van der Waals surface area contributed by atoms with Crippen molar-refractivity contribution in [2.24, 2.45) is 11.8 Å². The van der Waals surface area contributed by atoms with Crippen LogP contribution in [0.4, 0.5) is 5.69 Å². The van der Waals surface area contributed by atoms with E-state index in [9.17, 15) is 14.4 Å². The second-order valence-electron chi connectivity index (χ2n) is 9.52. The van der Waals surface area contributed by atoms with Crippen molar-refractivity contribution in [2.75, 3.05) is 11.9 Å². The van der Waals surface area contributed by atoms with Crippen LogP contribution in [0.5, 0.6) is 0 Å². The minimum Gasteiger partial charge on any atom is -0.340 e. The summed E-state index contributed by atoms with van der Waals surface area (Å²) in [4.78, 5) is 41.0. The summed E-state index contributed by atoms with van der Waals surface area (Å²) in [6.45, 7) is 7.29. The second kappa shape index (κ2) is 9.58. The van der Waals surface area contributed by atoms with Gasteiger partial charge in [0.25, 0.3) is 0 Å². The molecule has 0 bridgehead atoms. The normalized spacial score (nSPS) is 30.9. The maximum Gasteiger partial charge on any atom is 0.229 e. The third kappa shape index (κ3) is 4.66. The van der Waals surface area contributed by atoms with Crippen LogP contribution in [0.1, 0.15) is 64.4 Å². The molecule has 3 fully saturated rings.